The molecule has 1 fully saturated rings. The van der Waals surface area contributed by atoms with Gasteiger partial charge in [-0.3, -0.25) is 0 Å². The lowest BCUT2D eigenvalue weighted by Gasteiger charge is -2.18. The highest BCUT2D eigenvalue weighted by molar-refractivity contribution is 9.10. The van der Waals surface area contributed by atoms with Crippen molar-refractivity contribution in [2.45, 2.75) is 26.2 Å². The van der Waals surface area contributed by atoms with Gasteiger partial charge in [0.05, 0.1) is 6.61 Å². The van der Waals surface area contributed by atoms with Crippen molar-refractivity contribution in [2.75, 3.05) is 13.2 Å². The second-order valence-corrected chi connectivity index (χ2v) is 5.62. The topological polar surface area (TPSA) is 48.1 Å². The van der Waals surface area contributed by atoms with E-state index in [-0.39, 0.29) is 0 Å². The molecule has 2 rings (SSSR count). The molecule has 1 aromatic rings. The molecule has 0 amide bonds. The quantitative estimate of drug-likeness (QED) is 0.930. The van der Waals surface area contributed by atoms with Crippen LogP contribution in [-0.2, 0) is 0 Å². The zero-order valence-corrected chi connectivity index (χ0v) is 11.7. The largest absolute Gasteiger partial charge is 0.477 e. The molecular weight excluding hydrogens is 280 g/mol. The third kappa shape index (κ3) is 3.19. The van der Waals surface area contributed by atoms with Gasteiger partial charge >= 0.3 is 0 Å². The highest BCUT2D eigenvalue weighted by atomic mass is 79.9. The van der Waals surface area contributed by atoms with Crippen LogP contribution in [0, 0.1) is 18.8 Å². The van der Waals surface area contributed by atoms with Gasteiger partial charge in [0.1, 0.15) is 0 Å². The summed E-state index contributed by atoms with van der Waals surface area (Å²) in [6.45, 7) is 3.56. The van der Waals surface area contributed by atoms with Gasteiger partial charge < -0.3 is 10.5 Å². The van der Waals surface area contributed by atoms with Gasteiger partial charge in [-0.15, -0.1) is 0 Å². The molecule has 1 heterocycles. The van der Waals surface area contributed by atoms with Crippen LogP contribution in [0.5, 0.6) is 5.88 Å². The summed E-state index contributed by atoms with van der Waals surface area (Å²) < 4.78 is 6.79. The molecule has 2 atom stereocenters. The lowest BCUT2D eigenvalue weighted by molar-refractivity contribution is 0.210. The Hall–Kier alpha value is -0.610. The van der Waals surface area contributed by atoms with Crippen molar-refractivity contribution < 1.29 is 4.74 Å². The van der Waals surface area contributed by atoms with Crippen molar-refractivity contribution >= 4 is 15.9 Å². The molecule has 0 aromatic carbocycles. The van der Waals surface area contributed by atoms with Crippen LogP contribution >= 0.6 is 15.9 Å². The van der Waals surface area contributed by atoms with E-state index < -0.39 is 0 Å². The Bertz CT molecular complexity index is 384. The van der Waals surface area contributed by atoms with Crippen molar-refractivity contribution in [3.8, 4) is 5.88 Å². The van der Waals surface area contributed by atoms with Crippen molar-refractivity contribution in [2.24, 2.45) is 17.6 Å². The number of aryl methyl sites for hydroxylation is 1. The van der Waals surface area contributed by atoms with E-state index >= 15 is 0 Å². The summed E-state index contributed by atoms with van der Waals surface area (Å²) in [4.78, 5) is 4.25. The van der Waals surface area contributed by atoms with Gasteiger partial charge in [-0.05, 0) is 59.6 Å². The smallest absolute Gasteiger partial charge is 0.213 e. The number of nitrogens with two attached hydrogens (primary N) is 1. The molecule has 0 aliphatic heterocycles. The van der Waals surface area contributed by atoms with Crippen LogP contribution in [-0.4, -0.2) is 18.1 Å². The van der Waals surface area contributed by atoms with E-state index in [2.05, 4.69) is 20.9 Å². The minimum atomic E-state index is 0.603. The summed E-state index contributed by atoms with van der Waals surface area (Å²) in [7, 11) is 0. The SMILES string of the molecule is Cc1cc(OCC2CCCC2CN)ncc1Br. The summed E-state index contributed by atoms with van der Waals surface area (Å²) in [5.41, 5.74) is 6.91. The molecule has 94 valence electrons. The van der Waals surface area contributed by atoms with Crippen LogP contribution in [0.25, 0.3) is 0 Å². The molecule has 2 unspecified atom stereocenters. The lowest BCUT2D eigenvalue weighted by Crippen LogP contribution is -2.23. The normalized spacial score (nSPS) is 23.9. The van der Waals surface area contributed by atoms with Gasteiger partial charge in [-0.1, -0.05) is 6.42 Å². The van der Waals surface area contributed by atoms with Gasteiger partial charge in [-0.2, -0.15) is 0 Å². The second kappa shape index (κ2) is 5.83. The van der Waals surface area contributed by atoms with Gasteiger partial charge in [-0.25, -0.2) is 4.98 Å². The van der Waals surface area contributed by atoms with Crippen LogP contribution in [0.1, 0.15) is 24.8 Å². The fourth-order valence-corrected chi connectivity index (χ4v) is 2.65. The minimum Gasteiger partial charge on any atom is -0.477 e. The predicted octanol–water partition coefficient (Wildman–Crippen LogP) is 2.91. The molecule has 3 nitrogen and oxygen atoms in total. The van der Waals surface area contributed by atoms with Gasteiger partial charge in [0.2, 0.25) is 5.88 Å². The monoisotopic (exact) mass is 298 g/mol. The maximum absolute atomic E-state index is 5.77. The molecule has 1 saturated carbocycles. The van der Waals surface area contributed by atoms with E-state index in [0.717, 1.165) is 23.2 Å². The van der Waals surface area contributed by atoms with Crippen molar-refractivity contribution in [3.05, 3.63) is 22.3 Å². The molecule has 0 bridgehead atoms. The van der Waals surface area contributed by atoms with Crippen LogP contribution in [0.3, 0.4) is 0 Å². The van der Waals surface area contributed by atoms with Crippen LogP contribution in [0.2, 0.25) is 0 Å². The number of aromatic nitrogens is 1. The standard InChI is InChI=1S/C13H19BrN2O/c1-9-5-13(16-7-12(9)14)17-8-11-4-2-3-10(11)6-15/h5,7,10-11H,2-4,6,8,15H2,1H3. The van der Waals surface area contributed by atoms with Gasteiger partial charge in [0.15, 0.2) is 0 Å². The van der Waals surface area contributed by atoms with Crippen molar-refractivity contribution in [1.29, 1.82) is 0 Å². The van der Waals surface area contributed by atoms with Crippen LogP contribution in [0.4, 0.5) is 0 Å². The summed E-state index contributed by atoms with van der Waals surface area (Å²) in [5.74, 6) is 1.95. The molecule has 0 radical (unpaired) electrons. The van der Waals surface area contributed by atoms with E-state index in [1.165, 1.54) is 19.3 Å². The Labute approximate surface area is 111 Å². The Morgan fingerprint density at radius 1 is 1.47 bits per heavy atom. The number of hydrogen-bond acceptors (Lipinski definition) is 3. The molecule has 17 heavy (non-hydrogen) atoms. The molecular formula is C13H19BrN2O. The number of pyridine rings is 1. The summed E-state index contributed by atoms with van der Waals surface area (Å²) in [6, 6.07) is 1.97. The van der Waals surface area contributed by atoms with Crippen LogP contribution < -0.4 is 10.5 Å². The molecule has 1 aliphatic carbocycles. The zero-order chi connectivity index (χ0) is 12.3. The minimum absolute atomic E-state index is 0.603. The number of halogens is 1. The third-order valence-electron chi connectivity index (χ3n) is 3.59. The number of nitrogens with zero attached hydrogens (tertiary/aromatic N) is 1. The second-order valence-electron chi connectivity index (χ2n) is 4.77. The van der Waals surface area contributed by atoms with Gasteiger partial charge in [0.25, 0.3) is 0 Å². The highest BCUT2D eigenvalue weighted by Gasteiger charge is 2.26. The Kier molecular flexibility index (Phi) is 4.40. The molecule has 0 spiro atoms. The molecule has 4 heteroatoms. The maximum Gasteiger partial charge on any atom is 0.213 e. The third-order valence-corrected chi connectivity index (χ3v) is 4.42. The van der Waals surface area contributed by atoms with E-state index in [9.17, 15) is 0 Å². The zero-order valence-electron chi connectivity index (χ0n) is 10.2. The first-order valence-corrected chi connectivity index (χ1v) is 6.95. The van der Waals surface area contributed by atoms with E-state index in [1.807, 2.05) is 13.0 Å². The average molecular weight is 299 g/mol. The van der Waals surface area contributed by atoms with E-state index in [0.29, 0.717) is 17.7 Å². The molecule has 0 saturated heterocycles. The fourth-order valence-electron chi connectivity index (χ4n) is 2.43. The predicted molar refractivity (Wildman–Crippen MR) is 72.1 cm³/mol. The maximum atomic E-state index is 5.77. The van der Waals surface area contributed by atoms with Gasteiger partial charge in [0, 0.05) is 16.7 Å². The molecule has 1 aliphatic rings. The summed E-state index contributed by atoms with van der Waals surface area (Å²) in [5, 5.41) is 0. The van der Waals surface area contributed by atoms with Crippen LogP contribution in [0.15, 0.2) is 16.7 Å². The first kappa shape index (κ1) is 12.8. The Balaban J connectivity index is 1.91. The number of ether oxygens (including phenoxy) is 1. The Morgan fingerprint density at radius 3 is 2.94 bits per heavy atom. The summed E-state index contributed by atoms with van der Waals surface area (Å²) >= 11 is 3.43. The fraction of sp³-hybridized carbons (Fsp3) is 0.615. The lowest BCUT2D eigenvalue weighted by atomic mass is 9.97. The molecule has 1 aromatic heterocycles. The Morgan fingerprint density at radius 2 is 2.24 bits per heavy atom. The average Bonchev–Trinajstić information content (AvgIpc) is 2.78. The van der Waals surface area contributed by atoms with Crippen molar-refractivity contribution in [3.63, 3.8) is 0 Å². The summed E-state index contributed by atoms with van der Waals surface area (Å²) in [6.07, 6.45) is 5.55. The van der Waals surface area contributed by atoms with E-state index in [4.69, 9.17) is 10.5 Å². The highest BCUT2D eigenvalue weighted by Crippen LogP contribution is 2.31. The number of hydrogen-bond donors (Lipinski definition) is 1. The number of rotatable bonds is 4. The van der Waals surface area contributed by atoms with Crippen molar-refractivity contribution in [1.82, 2.24) is 4.98 Å². The first-order chi connectivity index (χ1) is 8.20. The first-order valence-electron chi connectivity index (χ1n) is 6.15. The van der Waals surface area contributed by atoms with E-state index in [1.54, 1.807) is 6.20 Å². The molecule has 2 N–H and O–H groups in total.